The van der Waals surface area contributed by atoms with Crippen molar-refractivity contribution >= 4 is 6.03 Å². The van der Waals surface area contributed by atoms with E-state index in [9.17, 15) is 4.79 Å². The second-order valence-electron chi connectivity index (χ2n) is 3.52. The van der Waals surface area contributed by atoms with E-state index in [2.05, 4.69) is 17.6 Å². The average molecular weight is 172 g/mol. The highest BCUT2D eigenvalue weighted by Gasteiger charge is 2.33. The van der Waals surface area contributed by atoms with Gasteiger partial charge in [-0.1, -0.05) is 6.92 Å². The van der Waals surface area contributed by atoms with Gasteiger partial charge in [-0.3, -0.25) is 0 Å². The van der Waals surface area contributed by atoms with Gasteiger partial charge in [-0.2, -0.15) is 0 Å². The minimum Gasteiger partial charge on any atom is -0.392 e. The van der Waals surface area contributed by atoms with Gasteiger partial charge < -0.3 is 15.7 Å². The topological polar surface area (TPSA) is 61.4 Å². The number of aliphatic hydroxyl groups excluding tert-OH is 1. The number of amides is 2. The number of rotatable bonds is 3. The standard InChI is InChI=1S/C8H16N2O2/c1-5-3-7(5)10-8(12)9-4-6(2)11/h5-7,11H,3-4H2,1-2H3,(H2,9,10,12)/t5-,6+,7-/m1/s1. The minimum absolute atomic E-state index is 0.176. The Kier molecular flexibility index (Phi) is 2.92. The fourth-order valence-electron chi connectivity index (χ4n) is 0.983. The molecule has 3 atom stereocenters. The SMILES string of the molecule is C[C@H](O)CNC(=O)N[C@@H]1C[C@H]1C. The van der Waals surface area contributed by atoms with Crippen LogP contribution in [0.5, 0.6) is 0 Å². The van der Waals surface area contributed by atoms with Gasteiger partial charge in [-0.25, -0.2) is 4.79 Å². The van der Waals surface area contributed by atoms with Crippen molar-refractivity contribution in [2.75, 3.05) is 6.54 Å². The van der Waals surface area contributed by atoms with Gasteiger partial charge in [0.2, 0.25) is 0 Å². The summed E-state index contributed by atoms with van der Waals surface area (Å²) in [5.41, 5.74) is 0. The van der Waals surface area contributed by atoms with Gasteiger partial charge in [0.25, 0.3) is 0 Å². The van der Waals surface area contributed by atoms with Crippen LogP contribution in [0.1, 0.15) is 20.3 Å². The number of hydrogen-bond donors (Lipinski definition) is 3. The summed E-state index contributed by atoms with van der Waals surface area (Å²) in [7, 11) is 0. The van der Waals surface area contributed by atoms with Gasteiger partial charge in [-0.05, 0) is 19.3 Å². The number of aliphatic hydroxyl groups is 1. The highest BCUT2D eigenvalue weighted by Crippen LogP contribution is 2.28. The number of urea groups is 1. The van der Waals surface area contributed by atoms with Gasteiger partial charge >= 0.3 is 6.03 Å². The number of carbonyl (C=O) groups is 1. The molecule has 70 valence electrons. The molecule has 0 unspecified atom stereocenters. The summed E-state index contributed by atoms with van der Waals surface area (Å²) in [4.78, 5) is 11.0. The first-order chi connectivity index (χ1) is 5.59. The fourth-order valence-corrected chi connectivity index (χ4v) is 0.983. The van der Waals surface area contributed by atoms with Gasteiger partial charge in [0.15, 0.2) is 0 Å². The predicted molar refractivity (Wildman–Crippen MR) is 45.8 cm³/mol. The van der Waals surface area contributed by atoms with E-state index in [1.807, 2.05) is 0 Å². The zero-order valence-electron chi connectivity index (χ0n) is 7.50. The number of hydrogen-bond acceptors (Lipinski definition) is 2. The van der Waals surface area contributed by atoms with Crippen molar-refractivity contribution in [1.29, 1.82) is 0 Å². The molecule has 0 saturated heterocycles. The van der Waals surface area contributed by atoms with E-state index >= 15 is 0 Å². The molecule has 0 spiro atoms. The van der Waals surface area contributed by atoms with E-state index < -0.39 is 6.10 Å². The second-order valence-corrected chi connectivity index (χ2v) is 3.52. The highest BCUT2D eigenvalue weighted by molar-refractivity contribution is 5.74. The quantitative estimate of drug-likeness (QED) is 0.564. The van der Waals surface area contributed by atoms with Crippen LogP contribution in [0, 0.1) is 5.92 Å². The molecule has 2 amide bonds. The molecule has 0 aliphatic heterocycles. The Morgan fingerprint density at radius 2 is 2.33 bits per heavy atom. The van der Waals surface area contributed by atoms with Crippen LogP contribution in [-0.4, -0.2) is 29.8 Å². The van der Waals surface area contributed by atoms with E-state index in [1.165, 1.54) is 0 Å². The van der Waals surface area contributed by atoms with Crippen molar-refractivity contribution in [1.82, 2.24) is 10.6 Å². The minimum atomic E-state index is -0.479. The van der Waals surface area contributed by atoms with Gasteiger partial charge in [0.1, 0.15) is 0 Å². The summed E-state index contributed by atoms with van der Waals surface area (Å²) in [6.45, 7) is 4.05. The average Bonchev–Trinajstić information content (AvgIpc) is 2.62. The molecule has 0 aromatic carbocycles. The molecule has 3 N–H and O–H groups in total. The van der Waals surface area contributed by atoms with Gasteiger partial charge in [0, 0.05) is 12.6 Å². The molecule has 1 rings (SSSR count). The second kappa shape index (κ2) is 3.76. The van der Waals surface area contributed by atoms with Crippen LogP contribution in [0.3, 0.4) is 0 Å². The molecule has 0 aromatic rings. The lowest BCUT2D eigenvalue weighted by Crippen LogP contribution is -2.40. The van der Waals surface area contributed by atoms with Crippen molar-refractivity contribution in [3.63, 3.8) is 0 Å². The van der Waals surface area contributed by atoms with Gasteiger partial charge in [0.05, 0.1) is 6.10 Å². The van der Waals surface area contributed by atoms with Crippen LogP contribution >= 0.6 is 0 Å². The molecular formula is C8H16N2O2. The zero-order valence-corrected chi connectivity index (χ0v) is 7.50. The van der Waals surface area contributed by atoms with Crippen LogP contribution in [0.4, 0.5) is 4.79 Å². The molecule has 1 aliphatic rings. The zero-order chi connectivity index (χ0) is 9.14. The summed E-state index contributed by atoms with van der Waals surface area (Å²) >= 11 is 0. The Bertz CT molecular complexity index is 170. The molecule has 1 fully saturated rings. The maximum absolute atomic E-state index is 11.0. The first kappa shape index (κ1) is 9.32. The normalized spacial score (nSPS) is 29.2. The largest absolute Gasteiger partial charge is 0.392 e. The van der Waals surface area contributed by atoms with Gasteiger partial charge in [-0.15, -0.1) is 0 Å². The van der Waals surface area contributed by atoms with Crippen molar-refractivity contribution < 1.29 is 9.90 Å². The molecular weight excluding hydrogens is 156 g/mol. The summed E-state index contributed by atoms with van der Waals surface area (Å²) in [6.07, 6.45) is 0.592. The highest BCUT2D eigenvalue weighted by atomic mass is 16.3. The summed E-state index contributed by atoms with van der Waals surface area (Å²) in [5.74, 6) is 0.613. The predicted octanol–water partition coefficient (Wildman–Crippen LogP) is 0.0748. The van der Waals surface area contributed by atoms with E-state index in [1.54, 1.807) is 6.92 Å². The first-order valence-electron chi connectivity index (χ1n) is 4.32. The molecule has 4 nitrogen and oxygen atoms in total. The Morgan fingerprint density at radius 3 is 2.75 bits per heavy atom. The number of nitrogens with one attached hydrogen (secondary N) is 2. The fraction of sp³-hybridized carbons (Fsp3) is 0.875. The maximum Gasteiger partial charge on any atom is 0.315 e. The van der Waals surface area contributed by atoms with Crippen LogP contribution in [0.15, 0.2) is 0 Å². The molecule has 0 heterocycles. The Balaban J connectivity index is 2.04. The number of carbonyl (C=O) groups excluding carboxylic acids is 1. The third-order valence-corrected chi connectivity index (χ3v) is 1.98. The third-order valence-electron chi connectivity index (χ3n) is 1.98. The Labute approximate surface area is 72.3 Å². The van der Waals surface area contributed by atoms with Crippen molar-refractivity contribution in [3.8, 4) is 0 Å². The van der Waals surface area contributed by atoms with Crippen LogP contribution in [0.2, 0.25) is 0 Å². The molecule has 0 aromatic heterocycles. The van der Waals surface area contributed by atoms with Crippen molar-refractivity contribution in [3.05, 3.63) is 0 Å². The van der Waals surface area contributed by atoms with Crippen molar-refractivity contribution in [2.24, 2.45) is 5.92 Å². The summed E-state index contributed by atoms with van der Waals surface area (Å²) in [5, 5.41) is 14.2. The molecule has 0 bridgehead atoms. The lowest BCUT2D eigenvalue weighted by Gasteiger charge is -2.07. The van der Waals surface area contributed by atoms with Crippen LogP contribution in [-0.2, 0) is 0 Å². The molecule has 1 aliphatic carbocycles. The summed E-state index contributed by atoms with van der Waals surface area (Å²) < 4.78 is 0. The first-order valence-corrected chi connectivity index (χ1v) is 4.32. The van der Waals surface area contributed by atoms with Crippen molar-refractivity contribution in [2.45, 2.75) is 32.4 Å². The summed E-state index contributed by atoms with van der Waals surface area (Å²) in [6, 6.07) is 0.171. The van der Waals surface area contributed by atoms with E-state index in [0.717, 1.165) is 6.42 Å². The molecule has 4 heteroatoms. The molecule has 0 radical (unpaired) electrons. The van der Waals surface area contributed by atoms with Crippen LogP contribution < -0.4 is 10.6 Å². The monoisotopic (exact) mass is 172 g/mol. The smallest absolute Gasteiger partial charge is 0.315 e. The van der Waals surface area contributed by atoms with Crippen LogP contribution in [0.25, 0.3) is 0 Å². The Hall–Kier alpha value is -0.770. The maximum atomic E-state index is 11.0. The van der Waals surface area contributed by atoms with E-state index in [0.29, 0.717) is 18.5 Å². The molecule has 12 heavy (non-hydrogen) atoms. The van der Waals surface area contributed by atoms with E-state index in [-0.39, 0.29) is 6.03 Å². The Morgan fingerprint density at radius 1 is 1.75 bits per heavy atom. The third kappa shape index (κ3) is 3.09. The molecule has 1 saturated carbocycles. The lowest BCUT2D eigenvalue weighted by atomic mass is 10.4. The lowest BCUT2D eigenvalue weighted by molar-refractivity contribution is 0.187. The van der Waals surface area contributed by atoms with E-state index in [4.69, 9.17) is 5.11 Å².